The van der Waals surface area contributed by atoms with Gasteiger partial charge in [-0.25, -0.2) is 0 Å². The summed E-state index contributed by atoms with van der Waals surface area (Å²) in [4.78, 5) is 56.6. The van der Waals surface area contributed by atoms with Gasteiger partial charge in [0.1, 0.15) is 6.54 Å². The largest absolute Gasteiger partial charge is 0.309 e. The molecule has 7 nitrogen and oxygen atoms in total. The van der Waals surface area contributed by atoms with Crippen LogP contribution in [0.5, 0.6) is 0 Å². The van der Waals surface area contributed by atoms with Gasteiger partial charge in [-0.15, -0.1) is 0 Å². The van der Waals surface area contributed by atoms with Gasteiger partial charge in [-0.2, -0.15) is 0 Å². The molecule has 2 heterocycles. The number of carbonyl (C=O) groups excluding carboxylic acids is 4. The number of amides is 4. The zero-order chi connectivity index (χ0) is 24.7. The van der Waals surface area contributed by atoms with Crippen LogP contribution in [-0.4, -0.2) is 41.1 Å². The predicted octanol–water partition coefficient (Wildman–Crippen LogP) is 4.20. The fourth-order valence-electron chi connectivity index (χ4n) is 5.19. The van der Waals surface area contributed by atoms with E-state index in [1.807, 2.05) is 61.5 Å². The molecule has 0 fully saturated rings. The Morgan fingerprint density at radius 2 is 1.43 bits per heavy atom. The molecule has 3 aromatic carbocycles. The first kappa shape index (κ1) is 22.5. The monoisotopic (exact) mass is 467 g/mol. The molecule has 2 atom stereocenters. The number of nitrogens with zero attached hydrogens (tertiary/aromatic N) is 3. The summed E-state index contributed by atoms with van der Waals surface area (Å²) >= 11 is 0. The molecule has 176 valence electrons. The summed E-state index contributed by atoms with van der Waals surface area (Å²) in [6.07, 6.45) is 0.513. The molecule has 0 spiro atoms. The minimum atomic E-state index is -0.466. The molecular formula is C28H25N3O4. The van der Waals surface area contributed by atoms with Gasteiger partial charge in [0.15, 0.2) is 0 Å². The van der Waals surface area contributed by atoms with Crippen molar-refractivity contribution in [1.82, 2.24) is 4.90 Å². The maximum atomic E-state index is 13.9. The Kier molecular flexibility index (Phi) is 5.68. The molecule has 5 rings (SSSR count). The lowest BCUT2D eigenvalue weighted by Crippen LogP contribution is -2.49. The fourth-order valence-corrected chi connectivity index (χ4v) is 5.19. The third-order valence-electron chi connectivity index (χ3n) is 6.69. The molecule has 0 aliphatic carbocycles. The van der Waals surface area contributed by atoms with Gasteiger partial charge in [-0.3, -0.25) is 24.1 Å². The second kappa shape index (κ2) is 8.83. The summed E-state index contributed by atoms with van der Waals surface area (Å²) in [6, 6.07) is 22.9. The van der Waals surface area contributed by atoms with E-state index in [0.29, 0.717) is 23.2 Å². The maximum absolute atomic E-state index is 13.9. The van der Waals surface area contributed by atoms with Crippen molar-refractivity contribution in [3.05, 3.63) is 95.6 Å². The van der Waals surface area contributed by atoms with Gasteiger partial charge in [-0.1, -0.05) is 48.5 Å². The summed E-state index contributed by atoms with van der Waals surface area (Å²) in [5.41, 5.74) is 2.89. The fraction of sp³-hybridized carbons (Fsp3) is 0.214. The van der Waals surface area contributed by atoms with Crippen molar-refractivity contribution in [2.75, 3.05) is 16.3 Å². The minimum Gasteiger partial charge on any atom is -0.309 e. The first-order chi connectivity index (χ1) is 16.9. The van der Waals surface area contributed by atoms with Crippen LogP contribution in [0.2, 0.25) is 0 Å². The van der Waals surface area contributed by atoms with E-state index in [4.69, 9.17) is 0 Å². The number of carbonyl (C=O) groups is 4. The van der Waals surface area contributed by atoms with Crippen LogP contribution in [0, 0.1) is 0 Å². The van der Waals surface area contributed by atoms with Gasteiger partial charge in [0.05, 0.1) is 17.2 Å². The number of para-hydroxylation sites is 2. The van der Waals surface area contributed by atoms with Gasteiger partial charge in [0.2, 0.25) is 11.8 Å². The van der Waals surface area contributed by atoms with Crippen molar-refractivity contribution in [3.63, 3.8) is 0 Å². The topological polar surface area (TPSA) is 78.0 Å². The molecule has 0 radical (unpaired) electrons. The predicted molar refractivity (Wildman–Crippen MR) is 132 cm³/mol. The van der Waals surface area contributed by atoms with E-state index in [2.05, 4.69) is 0 Å². The van der Waals surface area contributed by atoms with E-state index in [-0.39, 0.29) is 30.4 Å². The normalized spacial score (nSPS) is 18.8. The zero-order valence-corrected chi connectivity index (χ0v) is 19.5. The standard InChI is InChI=1S/C28H25N3O4/c1-18-16-25(23-14-8-9-15-24(23)30(18)19(2)32)31(20-10-4-3-5-11-20)26(33)17-29-27(34)21-12-6-7-13-22(21)28(29)35/h3-15,18,25H,16-17H2,1-2H3/t18-,25-/m0/s1. The molecule has 2 aliphatic rings. The number of fused-ring (bicyclic) bond motifs is 2. The molecule has 0 saturated carbocycles. The van der Waals surface area contributed by atoms with Crippen molar-refractivity contribution in [2.45, 2.75) is 32.4 Å². The van der Waals surface area contributed by atoms with Gasteiger partial charge in [0.25, 0.3) is 11.8 Å². The highest BCUT2D eigenvalue weighted by atomic mass is 16.2. The number of hydrogen-bond acceptors (Lipinski definition) is 4. The van der Waals surface area contributed by atoms with E-state index in [0.717, 1.165) is 16.2 Å². The van der Waals surface area contributed by atoms with E-state index < -0.39 is 11.8 Å². The third kappa shape index (κ3) is 3.79. The lowest BCUT2D eigenvalue weighted by molar-refractivity contribution is -0.119. The number of anilines is 2. The highest BCUT2D eigenvalue weighted by molar-refractivity contribution is 6.22. The van der Waals surface area contributed by atoms with Crippen LogP contribution in [0.3, 0.4) is 0 Å². The zero-order valence-electron chi connectivity index (χ0n) is 19.5. The van der Waals surface area contributed by atoms with E-state index in [9.17, 15) is 19.2 Å². The van der Waals surface area contributed by atoms with E-state index in [1.54, 1.807) is 34.1 Å². The van der Waals surface area contributed by atoms with Crippen LogP contribution in [0.15, 0.2) is 78.9 Å². The van der Waals surface area contributed by atoms with Gasteiger partial charge < -0.3 is 9.80 Å². The van der Waals surface area contributed by atoms with E-state index >= 15 is 0 Å². The van der Waals surface area contributed by atoms with Crippen molar-refractivity contribution < 1.29 is 19.2 Å². The Hall–Kier alpha value is -4.26. The van der Waals surface area contributed by atoms with Crippen LogP contribution in [0.1, 0.15) is 52.6 Å². The Bertz CT molecular complexity index is 1300. The van der Waals surface area contributed by atoms with Crippen LogP contribution >= 0.6 is 0 Å². The first-order valence-electron chi connectivity index (χ1n) is 11.6. The Labute approximate surface area is 203 Å². The quantitative estimate of drug-likeness (QED) is 0.539. The van der Waals surface area contributed by atoms with Crippen molar-refractivity contribution in [3.8, 4) is 0 Å². The van der Waals surface area contributed by atoms with Crippen molar-refractivity contribution in [1.29, 1.82) is 0 Å². The summed E-state index contributed by atoms with van der Waals surface area (Å²) in [5, 5.41) is 0. The van der Waals surface area contributed by atoms with Crippen LogP contribution < -0.4 is 9.80 Å². The highest BCUT2D eigenvalue weighted by Gasteiger charge is 2.41. The Morgan fingerprint density at radius 3 is 2.06 bits per heavy atom. The van der Waals surface area contributed by atoms with Gasteiger partial charge >= 0.3 is 0 Å². The molecule has 4 amide bonds. The molecule has 0 unspecified atom stereocenters. The number of rotatable bonds is 4. The van der Waals surface area contributed by atoms with Gasteiger partial charge in [-0.05, 0) is 49.2 Å². The van der Waals surface area contributed by atoms with E-state index in [1.165, 1.54) is 6.92 Å². The SMILES string of the molecule is CC(=O)N1c2ccccc2[C@@H](N(C(=O)CN2C(=O)c3ccccc3C2=O)c2ccccc2)C[C@@H]1C. The average Bonchev–Trinajstić information content (AvgIpc) is 3.09. The molecule has 2 aliphatic heterocycles. The highest BCUT2D eigenvalue weighted by Crippen LogP contribution is 2.42. The molecule has 0 N–H and O–H groups in total. The number of hydrogen-bond donors (Lipinski definition) is 0. The minimum absolute atomic E-state index is 0.0630. The maximum Gasteiger partial charge on any atom is 0.262 e. The summed E-state index contributed by atoms with van der Waals surface area (Å²) in [5.74, 6) is -1.36. The molecule has 0 saturated heterocycles. The number of imide groups is 1. The molecule has 3 aromatic rings. The van der Waals surface area contributed by atoms with Crippen molar-refractivity contribution in [2.24, 2.45) is 0 Å². The van der Waals surface area contributed by atoms with Crippen molar-refractivity contribution >= 4 is 35.0 Å². The van der Waals surface area contributed by atoms with Crippen LogP contribution in [-0.2, 0) is 9.59 Å². The lowest BCUT2D eigenvalue weighted by atomic mass is 9.90. The molecule has 7 heteroatoms. The average molecular weight is 468 g/mol. The Morgan fingerprint density at radius 1 is 0.857 bits per heavy atom. The Balaban J connectivity index is 1.54. The smallest absolute Gasteiger partial charge is 0.262 e. The molecular weight excluding hydrogens is 442 g/mol. The van der Waals surface area contributed by atoms with Gasteiger partial charge in [0, 0.05) is 24.3 Å². The third-order valence-corrected chi connectivity index (χ3v) is 6.69. The summed E-state index contributed by atoms with van der Waals surface area (Å²) in [6.45, 7) is 3.13. The number of benzene rings is 3. The first-order valence-corrected chi connectivity index (χ1v) is 11.6. The second-order valence-corrected chi connectivity index (χ2v) is 8.89. The van der Waals surface area contributed by atoms with Crippen LogP contribution in [0.25, 0.3) is 0 Å². The lowest BCUT2D eigenvalue weighted by Gasteiger charge is -2.43. The molecule has 0 aromatic heterocycles. The molecule has 0 bridgehead atoms. The van der Waals surface area contributed by atoms with Crippen LogP contribution in [0.4, 0.5) is 11.4 Å². The second-order valence-electron chi connectivity index (χ2n) is 8.89. The summed E-state index contributed by atoms with van der Waals surface area (Å²) in [7, 11) is 0. The summed E-state index contributed by atoms with van der Waals surface area (Å²) < 4.78 is 0. The molecule has 35 heavy (non-hydrogen) atoms.